The maximum Gasteiger partial charge on any atom is 0.288 e. The number of alkyl halides is 2. The van der Waals surface area contributed by atoms with Crippen molar-refractivity contribution in [3.63, 3.8) is 0 Å². The van der Waals surface area contributed by atoms with E-state index in [9.17, 15) is 8.78 Å². The molecule has 0 aliphatic heterocycles. The molecule has 68 valence electrons. The molecular weight excluding hydrogens is 164 g/mol. The van der Waals surface area contributed by atoms with Gasteiger partial charge in [0.1, 0.15) is 5.69 Å². The van der Waals surface area contributed by atoms with Crippen LogP contribution >= 0.6 is 0 Å². The lowest BCUT2D eigenvalue weighted by molar-refractivity contribution is 0.00669. The van der Waals surface area contributed by atoms with E-state index in [0.717, 1.165) is 13.1 Å². The van der Waals surface area contributed by atoms with Crippen LogP contribution in [0.1, 0.15) is 32.5 Å². The predicted octanol–water partition coefficient (Wildman–Crippen LogP) is 1.97. The monoisotopic (exact) mass is 175 g/mol. The zero-order valence-electron chi connectivity index (χ0n) is 7.25. The fraction of sp³-hybridized carbons (Fsp3) is 0.714. The molecule has 1 aromatic heterocycles. The van der Waals surface area contributed by atoms with Gasteiger partial charge in [0.2, 0.25) is 0 Å². The highest BCUT2D eigenvalue weighted by Crippen LogP contribution is 2.27. The third-order valence-electron chi connectivity index (χ3n) is 1.51. The molecule has 0 radical (unpaired) electrons. The largest absolute Gasteiger partial charge is 0.288 e. The number of aromatic nitrogens is 3. The van der Waals surface area contributed by atoms with Crippen LogP contribution in [0.3, 0.4) is 0 Å². The van der Waals surface area contributed by atoms with Gasteiger partial charge in [0.05, 0.1) is 6.20 Å². The van der Waals surface area contributed by atoms with Gasteiger partial charge in [-0.05, 0) is 13.8 Å². The first-order valence-electron chi connectivity index (χ1n) is 3.71. The van der Waals surface area contributed by atoms with Gasteiger partial charge in [-0.25, -0.2) is 4.68 Å². The van der Waals surface area contributed by atoms with Gasteiger partial charge in [-0.15, -0.1) is 5.10 Å². The second-order valence-electron chi connectivity index (χ2n) is 3.05. The van der Waals surface area contributed by atoms with Crippen molar-refractivity contribution in [3.05, 3.63) is 11.9 Å². The smallest absolute Gasteiger partial charge is 0.241 e. The third-order valence-corrected chi connectivity index (χ3v) is 1.51. The Morgan fingerprint density at radius 1 is 1.50 bits per heavy atom. The molecule has 0 aliphatic carbocycles. The number of hydrogen-bond acceptors (Lipinski definition) is 2. The van der Waals surface area contributed by atoms with Gasteiger partial charge in [-0.1, -0.05) is 5.21 Å². The summed E-state index contributed by atoms with van der Waals surface area (Å²) in [4.78, 5) is 0. The summed E-state index contributed by atoms with van der Waals surface area (Å²) in [6.45, 7) is 4.40. The van der Waals surface area contributed by atoms with Crippen molar-refractivity contribution in [3.8, 4) is 0 Å². The van der Waals surface area contributed by atoms with Crippen LogP contribution in [-0.4, -0.2) is 15.0 Å². The maximum atomic E-state index is 12.8. The van der Waals surface area contributed by atoms with E-state index >= 15 is 0 Å². The molecule has 0 N–H and O–H groups in total. The Balaban J connectivity index is 3.08. The molecule has 0 saturated carbocycles. The highest BCUT2D eigenvalue weighted by Gasteiger charge is 2.30. The molecule has 0 atom stereocenters. The van der Waals surface area contributed by atoms with Crippen LogP contribution in [0.25, 0.3) is 0 Å². The van der Waals surface area contributed by atoms with Gasteiger partial charge in [0.25, 0.3) is 5.92 Å². The highest BCUT2D eigenvalue weighted by molar-refractivity contribution is 5.02. The SMILES string of the molecule is CC(C)n1nncc1C(C)(F)F. The predicted molar refractivity (Wildman–Crippen MR) is 40.0 cm³/mol. The Morgan fingerprint density at radius 3 is 2.42 bits per heavy atom. The van der Waals surface area contributed by atoms with E-state index in [4.69, 9.17) is 0 Å². The summed E-state index contributed by atoms with van der Waals surface area (Å²) in [5.41, 5.74) is -0.141. The van der Waals surface area contributed by atoms with Gasteiger partial charge in [0.15, 0.2) is 0 Å². The first kappa shape index (κ1) is 9.09. The van der Waals surface area contributed by atoms with Crippen molar-refractivity contribution in [2.75, 3.05) is 0 Å². The number of halogens is 2. The summed E-state index contributed by atoms with van der Waals surface area (Å²) >= 11 is 0. The van der Waals surface area contributed by atoms with Crippen molar-refractivity contribution in [2.45, 2.75) is 32.7 Å². The topological polar surface area (TPSA) is 30.7 Å². The molecule has 0 spiro atoms. The average molecular weight is 175 g/mol. The van der Waals surface area contributed by atoms with Crippen molar-refractivity contribution < 1.29 is 8.78 Å². The minimum Gasteiger partial charge on any atom is -0.241 e. The summed E-state index contributed by atoms with van der Waals surface area (Å²) in [6.07, 6.45) is 1.10. The Labute approximate surface area is 69.4 Å². The van der Waals surface area contributed by atoms with Crippen molar-refractivity contribution >= 4 is 0 Å². The molecule has 0 unspecified atom stereocenters. The average Bonchev–Trinajstić information content (AvgIpc) is 2.30. The minimum absolute atomic E-state index is 0.0895. The van der Waals surface area contributed by atoms with Gasteiger partial charge < -0.3 is 0 Å². The quantitative estimate of drug-likeness (QED) is 0.688. The fourth-order valence-corrected chi connectivity index (χ4v) is 0.939. The van der Waals surface area contributed by atoms with Gasteiger partial charge in [0, 0.05) is 13.0 Å². The standard InChI is InChI=1S/C7H11F2N3/c1-5(2)12-6(4-10-11-12)7(3,8)9/h4-5H,1-3H3. The molecule has 1 rings (SSSR count). The molecule has 1 heterocycles. The molecule has 1 aromatic rings. The lowest BCUT2D eigenvalue weighted by Gasteiger charge is -2.13. The molecule has 0 saturated heterocycles. The third kappa shape index (κ3) is 1.60. The Bertz CT molecular complexity index is 262. The summed E-state index contributed by atoms with van der Waals surface area (Å²) in [5.74, 6) is -2.87. The maximum absolute atomic E-state index is 12.8. The number of nitrogens with zero attached hydrogens (tertiary/aromatic N) is 3. The van der Waals surface area contributed by atoms with E-state index in [0.29, 0.717) is 0 Å². The first-order valence-corrected chi connectivity index (χ1v) is 3.71. The van der Waals surface area contributed by atoms with Crippen LogP contribution in [0, 0.1) is 0 Å². The molecule has 0 bridgehead atoms. The highest BCUT2D eigenvalue weighted by atomic mass is 19.3. The lowest BCUT2D eigenvalue weighted by Crippen LogP contribution is -2.17. The summed E-state index contributed by atoms with van der Waals surface area (Å²) in [5, 5.41) is 7.01. The Kier molecular flexibility index (Phi) is 2.12. The first-order chi connectivity index (χ1) is 5.43. The van der Waals surface area contributed by atoms with E-state index < -0.39 is 5.92 Å². The van der Waals surface area contributed by atoms with E-state index in [1.165, 1.54) is 4.68 Å². The van der Waals surface area contributed by atoms with E-state index in [2.05, 4.69) is 10.3 Å². The van der Waals surface area contributed by atoms with Crippen LogP contribution in [0.4, 0.5) is 8.78 Å². The van der Waals surface area contributed by atoms with Gasteiger partial charge in [-0.2, -0.15) is 8.78 Å². The van der Waals surface area contributed by atoms with Crippen LogP contribution < -0.4 is 0 Å². The van der Waals surface area contributed by atoms with E-state index in [-0.39, 0.29) is 11.7 Å². The zero-order chi connectivity index (χ0) is 9.35. The second-order valence-corrected chi connectivity index (χ2v) is 3.05. The number of hydrogen-bond donors (Lipinski definition) is 0. The van der Waals surface area contributed by atoms with Crippen molar-refractivity contribution in [1.29, 1.82) is 0 Å². The summed E-state index contributed by atoms with van der Waals surface area (Å²) in [7, 11) is 0. The molecule has 0 amide bonds. The number of rotatable bonds is 2. The molecule has 12 heavy (non-hydrogen) atoms. The Hall–Kier alpha value is -1.00. The molecule has 5 heteroatoms. The lowest BCUT2D eigenvalue weighted by atomic mass is 10.2. The van der Waals surface area contributed by atoms with Crippen LogP contribution in [-0.2, 0) is 5.92 Å². The van der Waals surface area contributed by atoms with E-state index in [1.807, 2.05) is 0 Å². The zero-order valence-corrected chi connectivity index (χ0v) is 7.25. The van der Waals surface area contributed by atoms with Crippen molar-refractivity contribution in [2.24, 2.45) is 0 Å². The molecule has 0 fully saturated rings. The molecule has 0 aromatic carbocycles. The second kappa shape index (κ2) is 2.80. The van der Waals surface area contributed by atoms with Crippen LogP contribution in [0.2, 0.25) is 0 Å². The molecular formula is C7H11F2N3. The minimum atomic E-state index is -2.87. The Morgan fingerprint density at radius 2 is 2.08 bits per heavy atom. The van der Waals surface area contributed by atoms with Gasteiger partial charge in [-0.3, -0.25) is 0 Å². The van der Waals surface area contributed by atoms with Crippen molar-refractivity contribution in [1.82, 2.24) is 15.0 Å². The summed E-state index contributed by atoms with van der Waals surface area (Å²) in [6, 6.07) is -0.0895. The van der Waals surface area contributed by atoms with E-state index in [1.54, 1.807) is 13.8 Å². The van der Waals surface area contributed by atoms with Crippen LogP contribution in [0.15, 0.2) is 6.20 Å². The normalized spacial score (nSPS) is 12.5. The summed E-state index contributed by atoms with van der Waals surface area (Å²) < 4.78 is 26.8. The van der Waals surface area contributed by atoms with Gasteiger partial charge >= 0.3 is 0 Å². The fourth-order valence-electron chi connectivity index (χ4n) is 0.939. The molecule has 0 aliphatic rings. The molecule has 3 nitrogen and oxygen atoms in total. The van der Waals surface area contributed by atoms with Crippen LogP contribution in [0.5, 0.6) is 0 Å².